The summed E-state index contributed by atoms with van der Waals surface area (Å²) in [6, 6.07) is 4.46. The van der Waals surface area contributed by atoms with Crippen LogP contribution in [0.25, 0.3) is 0 Å². The van der Waals surface area contributed by atoms with Crippen LogP contribution in [0.3, 0.4) is 0 Å². The molecule has 1 aromatic heterocycles. The molecule has 0 aliphatic heterocycles. The minimum absolute atomic E-state index is 0.0741. The van der Waals surface area contributed by atoms with E-state index < -0.39 is 0 Å². The fourth-order valence-corrected chi connectivity index (χ4v) is 2.30. The fraction of sp³-hybridized carbons (Fsp3) is 0.538. The van der Waals surface area contributed by atoms with Gasteiger partial charge in [0.15, 0.2) is 0 Å². The Morgan fingerprint density at radius 2 is 2.24 bits per heavy atom. The molecule has 4 nitrogen and oxygen atoms in total. The normalized spacial score (nSPS) is 23.9. The van der Waals surface area contributed by atoms with Gasteiger partial charge in [-0.15, -0.1) is 0 Å². The number of aromatic nitrogens is 1. The average Bonchev–Trinajstić information content (AvgIpc) is 2.82. The lowest BCUT2D eigenvalue weighted by Gasteiger charge is -2.25. The molecule has 0 atom stereocenters. The smallest absolute Gasteiger partial charge is 0.224 e. The Kier molecular flexibility index (Phi) is 3.81. The SMILES string of the molecule is N#CC1CCC(NC(=O)Cc2cc[nH]c2)CC1. The highest BCUT2D eigenvalue weighted by Crippen LogP contribution is 2.23. The van der Waals surface area contributed by atoms with Gasteiger partial charge in [-0.25, -0.2) is 0 Å². The van der Waals surface area contributed by atoms with E-state index in [0.29, 0.717) is 6.42 Å². The van der Waals surface area contributed by atoms with Gasteiger partial charge in [0.2, 0.25) is 5.91 Å². The molecule has 0 radical (unpaired) electrons. The Morgan fingerprint density at radius 3 is 2.82 bits per heavy atom. The maximum atomic E-state index is 11.7. The molecule has 1 aromatic rings. The van der Waals surface area contributed by atoms with E-state index in [1.165, 1.54) is 0 Å². The highest BCUT2D eigenvalue weighted by molar-refractivity contribution is 5.78. The third kappa shape index (κ3) is 3.35. The summed E-state index contributed by atoms with van der Waals surface area (Å²) < 4.78 is 0. The topological polar surface area (TPSA) is 68.7 Å². The Morgan fingerprint density at radius 1 is 1.47 bits per heavy atom. The number of hydrogen-bond donors (Lipinski definition) is 2. The molecular formula is C13H17N3O. The second-order valence-corrected chi connectivity index (χ2v) is 4.64. The summed E-state index contributed by atoms with van der Waals surface area (Å²) in [5.74, 6) is 0.262. The third-order valence-corrected chi connectivity index (χ3v) is 3.30. The van der Waals surface area contributed by atoms with Crippen LogP contribution in [-0.2, 0) is 11.2 Å². The Balaban J connectivity index is 1.75. The zero-order valence-corrected chi connectivity index (χ0v) is 9.78. The molecule has 0 saturated heterocycles. The van der Waals surface area contributed by atoms with Gasteiger partial charge in [0, 0.05) is 24.4 Å². The summed E-state index contributed by atoms with van der Waals surface area (Å²) in [6.45, 7) is 0. The van der Waals surface area contributed by atoms with Crippen LogP contribution in [0.2, 0.25) is 0 Å². The van der Waals surface area contributed by atoms with Crippen molar-refractivity contribution in [1.29, 1.82) is 5.26 Å². The summed E-state index contributed by atoms with van der Waals surface area (Å²) in [6.07, 6.45) is 7.76. The van der Waals surface area contributed by atoms with Gasteiger partial charge in [0.05, 0.1) is 12.5 Å². The van der Waals surface area contributed by atoms with Gasteiger partial charge in [-0.05, 0) is 37.3 Å². The van der Waals surface area contributed by atoms with Crippen molar-refractivity contribution in [2.24, 2.45) is 5.92 Å². The molecule has 2 rings (SSSR count). The number of aromatic amines is 1. The van der Waals surface area contributed by atoms with Crippen molar-refractivity contribution in [2.45, 2.75) is 38.1 Å². The van der Waals surface area contributed by atoms with Crippen molar-refractivity contribution >= 4 is 5.91 Å². The van der Waals surface area contributed by atoms with E-state index in [2.05, 4.69) is 16.4 Å². The van der Waals surface area contributed by atoms with Gasteiger partial charge >= 0.3 is 0 Å². The maximum absolute atomic E-state index is 11.7. The molecule has 90 valence electrons. The first-order valence-electron chi connectivity index (χ1n) is 6.08. The lowest BCUT2D eigenvalue weighted by Crippen LogP contribution is -2.38. The van der Waals surface area contributed by atoms with Crippen LogP contribution >= 0.6 is 0 Å². The first-order chi connectivity index (χ1) is 8.28. The minimum Gasteiger partial charge on any atom is -0.367 e. The van der Waals surface area contributed by atoms with Crippen molar-refractivity contribution < 1.29 is 4.79 Å². The van der Waals surface area contributed by atoms with Crippen LogP contribution in [0.1, 0.15) is 31.2 Å². The van der Waals surface area contributed by atoms with E-state index in [4.69, 9.17) is 5.26 Å². The van der Waals surface area contributed by atoms with Crippen LogP contribution in [0.4, 0.5) is 0 Å². The van der Waals surface area contributed by atoms with E-state index in [-0.39, 0.29) is 17.9 Å². The first-order valence-corrected chi connectivity index (χ1v) is 6.08. The van der Waals surface area contributed by atoms with Gasteiger partial charge in [-0.1, -0.05) is 0 Å². The number of nitriles is 1. The molecular weight excluding hydrogens is 214 g/mol. The van der Waals surface area contributed by atoms with Gasteiger partial charge in [0.1, 0.15) is 0 Å². The molecule has 1 saturated carbocycles. The molecule has 1 aliphatic carbocycles. The van der Waals surface area contributed by atoms with Crippen LogP contribution in [-0.4, -0.2) is 16.9 Å². The predicted octanol–water partition coefficient (Wildman–Crippen LogP) is 1.76. The van der Waals surface area contributed by atoms with Crippen molar-refractivity contribution in [3.63, 3.8) is 0 Å². The molecule has 1 heterocycles. The van der Waals surface area contributed by atoms with Gasteiger partial charge in [0.25, 0.3) is 0 Å². The van der Waals surface area contributed by atoms with Gasteiger partial charge in [-0.3, -0.25) is 4.79 Å². The Labute approximate surface area is 101 Å². The number of amides is 1. The summed E-state index contributed by atoms with van der Waals surface area (Å²) >= 11 is 0. The van der Waals surface area contributed by atoms with Crippen molar-refractivity contribution in [3.05, 3.63) is 24.0 Å². The second-order valence-electron chi connectivity index (χ2n) is 4.64. The summed E-state index contributed by atoms with van der Waals surface area (Å²) in [5.41, 5.74) is 1.01. The van der Waals surface area contributed by atoms with Crippen LogP contribution in [0.15, 0.2) is 18.5 Å². The zero-order chi connectivity index (χ0) is 12.1. The van der Waals surface area contributed by atoms with Gasteiger partial charge in [-0.2, -0.15) is 5.26 Å². The molecule has 0 unspecified atom stereocenters. The van der Waals surface area contributed by atoms with Crippen molar-refractivity contribution in [3.8, 4) is 6.07 Å². The van der Waals surface area contributed by atoms with E-state index in [1.54, 1.807) is 0 Å². The third-order valence-electron chi connectivity index (χ3n) is 3.30. The largest absolute Gasteiger partial charge is 0.367 e. The second kappa shape index (κ2) is 5.53. The number of rotatable bonds is 3. The first kappa shape index (κ1) is 11.7. The number of carbonyl (C=O) groups excluding carboxylic acids is 1. The Bertz CT molecular complexity index is 397. The number of carbonyl (C=O) groups is 1. The quantitative estimate of drug-likeness (QED) is 0.832. The van der Waals surface area contributed by atoms with Crippen LogP contribution < -0.4 is 5.32 Å². The summed E-state index contributed by atoms with van der Waals surface area (Å²) in [4.78, 5) is 14.7. The lowest BCUT2D eigenvalue weighted by atomic mass is 9.87. The number of H-pyrrole nitrogens is 1. The lowest BCUT2D eigenvalue weighted by molar-refractivity contribution is -0.121. The molecule has 4 heteroatoms. The number of nitrogens with zero attached hydrogens (tertiary/aromatic N) is 1. The molecule has 0 aromatic carbocycles. The molecule has 1 fully saturated rings. The maximum Gasteiger partial charge on any atom is 0.224 e. The van der Waals surface area contributed by atoms with Crippen LogP contribution in [0.5, 0.6) is 0 Å². The predicted molar refractivity (Wildman–Crippen MR) is 64.0 cm³/mol. The monoisotopic (exact) mass is 231 g/mol. The fourth-order valence-electron chi connectivity index (χ4n) is 2.30. The van der Waals surface area contributed by atoms with E-state index >= 15 is 0 Å². The molecule has 1 amide bonds. The zero-order valence-electron chi connectivity index (χ0n) is 9.78. The summed E-state index contributed by atoms with van der Waals surface area (Å²) in [7, 11) is 0. The van der Waals surface area contributed by atoms with Crippen molar-refractivity contribution in [1.82, 2.24) is 10.3 Å². The highest BCUT2D eigenvalue weighted by atomic mass is 16.1. The van der Waals surface area contributed by atoms with Gasteiger partial charge < -0.3 is 10.3 Å². The minimum atomic E-state index is 0.0741. The van der Waals surface area contributed by atoms with E-state index in [9.17, 15) is 4.79 Å². The molecule has 1 aliphatic rings. The Hall–Kier alpha value is -1.76. The van der Waals surface area contributed by atoms with E-state index in [1.807, 2.05) is 18.5 Å². The molecule has 0 spiro atoms. The van der Waals surface area contributed by atoms with Crippen LogP contribution in [0, 0.1) is 17.2 Å². The summed E-state index contributed by atoms with van der Waals surface area (Å²) in [5, 5.41) is 11.8. The van der Waals surface area contributed by atoms with Crippen molar-refractivity contribution in [2.75, 3.05) is 0 Å². The van der Waals surface area contributed by atoms with E-state index in [0.717, 1.165) is 31.2 Å². The highest BCUT2D eigenvalue weighted by Gasteiger charge is 2.21. The number of nitrogens with one attached hydrogen (secondary N) is 2. The molecule has 0 bridgehead atoms. The average molecular weight is 231 g/mol. The standard InChI is InChI=1S/C13H17N3O/c14-8-10-1-3-12(4-2-10)16-13(17)7-11-5-6-15-9-11/h5-6,9-10,12,15H,1-4,7H2,(H,16,17). The number of hydrogen-bond acceptors (Lipinski definition) is 2. The molecule has 2 N–H and O–H groups in total. The molecule has 17 heavy (non-hydrogen) atoms.